The fourth-order valence-corrected chi connectivity index (χ4v) is 9.33. The van der Waals surface area contributed by atoms with Crippen LogP contribution in [0.25, 0.3) is 0 Å². The number of aliphatic hydroxyl groups is 2. The van der Waals surface area contributed by atoms with E-state index < -0.39 is 35.6 Å². The van der Waals surface area contributed by atoms with Gasteiger partial charge in [0.15, 0.2) is 6.10 Å². The van der Waals surface area contributed by atoms with Crippen molar-refractivity contribution >= 4 is 5.91 Å². The molecule has 1 aliphatic rings. The molecule has 2 N–H and O–H groups in total. The van der Waals surface area contributed by atoms with Crippen LogP contribution in [0.5, 0.6) is 0 Å². The third-order valence-corrected chi connectivity index (χ3v) is 13.0. The number of rotatable bonds is 22. The first-order valence-electron chi connectivity index (χ1n) is 23.6. The van der Waals surface area contributed by atoms with Gasteiger partial charge in [-0.2, -0.15) is 0 Å². The average molecular weight is 911 g/mol. The van der Waals surface area contributed by atoms with Crippen molar-refractivity contribution in [2.45, 2.75) is 68.9 Å². The Balaban J connectivity index is 1.17. The topological polar surface area (TPSA) is 101 Å². The summed E-state index contributed by atoms with van der Waals surface area (Å²) in [6, 6.07) is 70.3. The lowest BCUT2D eigenvalue weighted by Gasteiger charge is -2.49. The van der Waals surface area contributed by atoms with Crippen LogP contribution < -0.4 is 0 Å². The summed E-state index contributed by atoms with van der Waals surface area (Å²) in [5.74, 6) is -0.310. The van der Waals surface area contributed by atoms with Crippen molar-refractivity contribution in [1.82, 2.24) is 9.80 Å². The first-order chi connectivity index (χ1) is 33.4. The van der Waals surface area contributed by atoms with Gasteiger partial charge in [0.1, 0.15) is 17.8 Å². The van der Waals surface area contributed by atoms with E-state index in [0.717, 1.165) is 38.9 Å². The molecule has 350 valence electrons. The van der Waals surface area contributed by atoms with Crippen molar-refractivity contribution in [3.63, 3.8) is 0 Å². The number of carbonyl (C=O) groups excluding carboxylic acids is 1. The molecule has 1 heterocycles. The Kier molecular flexibility index (Phi) is 16.8. The molecule has 0 radical (unpaired) electrons. The highest BCUT2D eigenvalue weighted by molar-refractivity contribution is 5.82. The van der Waals surface area contributed by atoms with E-state index in [1.807, 2.05) is 144 Å². The molecule has 0 aliphatic carbocycles. The summed E-state index contributed by atoms with van der Waals surface area (Å²) in [6.07, 6.45) is -5.27. The van der Waals surface area contributed by atoms with Crippen LogP contribution in [-0.4, -0.2) is 88.7 Å². The van der Waals surface area contributed by atoms with Gasteiger partial charge in [-0.25, -0.2) is 0 Å². The summed E-state index contributed by atoms with van der Waals surface area (Å²) in [5.41, 5.74) is 4.07. The number of piperazine rings is 1. The molecule has 8 rings (SSSR count). The molecule has 9 nitrogen and oxygen atoms in total. The minimum atomic E-state index is -2.08. The maximum absolute atomic E-state index is 15.7. The van der Waals surface area contributed by atoms with Gasteiger partial charge in [0.25, 0.3) is 5.91 Å². The van der Waals surface area contributed by atoms with Gasteiger partial charge < -0.3 is 34.1 Å². The predicted octanol–water partition coefficient (Wildman–Crippen LogP) is 9.21. The van der Waals surface area contributed by atoms with Crippen LogP contribution >= 0.6 is 0 Å². The van der Waals surface area contributed by atoms with Gasteiger partial charge in [0.05, 0.1) is 44.7 Å². The third-order valence-electron chi connectivity index (χ3n) is 13.0. The fourth-order valence-electron chi connectivity index (χ4n) is 9.33. The normalized spacial score (nSPS) is 16.0. The summed E-state index contributed by atoms with van der Waals surface area (Å²) in [5, 5.41) is 24.7. The van der Waals surface area contributed by atoms with Crippen molar-refractivity contribution in [3.8, 4) is 0 Å². The number of amides is 1. The smallest absolute Gasteiger partial charge is 0.254 e. The zero-order valence-electron chi connectivity index (χ0n) is 38.7. The summed E-state index contributed by atoms with van der Waals surface area (Å²) in [7, 11) is 0. The predicted molar refractivity (Wildman–Crippen MR) is 265 cm³/mol. The Morgan fingerprint density at radius 2 is 0.853 bits per heavy atom. The Labute approximate surface area is 401 Å². The van der Waals surface area contributed by atoms with Gasteiger partial charge in [0, 0.05) is 26.2 Å². The number of carbonyl (C=O) groups is 1. The standard InChI is InChI=1S/C59H62N2O7/c1-46(62)58(64,45-65-41-47-23-9-2-10-24-47)56(68-44-50-29-15-5-16-30-50)54(66-42-48-25-11-3-12-26-48)55(67-43-49-27-13-4-14-28-49)57(63)60-37-39-61(40-38-60)59(51-31-17-6-18-32-51,52-33-19-7-20-34-52)53-35-21-8-22-36-53/h2-36,46,54-56,62,64H,37-45H2,1H3/t46-,54-,55-,56+,58-/m1/s1. The van der Waals surface area contributed by atoms with Gasteiger partial charge in [-0.3, -0.25) is 9.69 Å². The monoisotopic (exact) mass is 910 g/mol. The van der Waals surface area contributed by atoms with Crippen LogP contribution in [0.4, 0.5) is 0 Å². The van der Waals surface area contributed by atoms with E-state index in [1.54, 1.807) is 0 Å². The van der Waals surface area contributed by atoms with E-state index in [2.05, 4.69) is 77.7 Å². The Morgan fingerprint density at radius 3 is 1.25 bits per heavy atom. The molecule has 0 saturated carbocycles. The van der Waals surface area contributed by atoms with E-state index in [9.17, 15) is 10.2 Å². The van der Waals surface area contributed by atoms with E-state index in [1.165, 1.54) is 6.92 Å². The number of aliphatic hydroxyl groups excluding tert-OH is 1. The highest BCUT2D eigenvalue weighted by Gasteiger charge is 2.53. The molecular formula is C59H62N2O7. The summed E-state index contributed by atoms with van der Waals surface area (Å²) in [6.45, 7) is 3.35. The zero-order chi connectivity index (χ0) is 47.0. The maximum Gasteiger partial charge on any atom is 0.254 e. The van der Waals surface area contributed by atoms with E-state index in [0.29, 0.717) is 26.2 Å². The Hall–Kier alpha value is -6.27. The molecule has 0 bridgehead atoms. The highest BCUT2D eigenvalue weighted by atomic mass is 16.6. The van der Waals surface area contributed by atoms with Crippen LogP contribution in [0.2, 0.25) is 0 Å². The number of ether oxygens (including phenoxy) is 4. The molecule has 68 heavy (non-hydrogen) atoms. The molecule has 1 fully saturated rings. The number of benzene rings is 7. The third kappa shape index (κ3) is 11.5. The van der Waals surface area contributed by atoms with Crippen molar-refractivity contribution in [1.29, 1.82) is 0 Å². The van der Waals surface area contributed by atoms with Gasteiger partial charge in [0.2, 0.25) is 0 Å². The maximum atomic E-state index is 15.7. The van der Waals surface area contributed by atoms with Crippen LogP contribution in [0.1, 0.15) is 45.9 Å². The molecule has 0 spiro atoms. The summed E-state index contributed by atoms with van der Waals surface area (Å²) in [4.78, 5) is 20.0. The van der Waals surface area contributed by atoms with Crippen molar-refractivity contribution in [2.75, 3.05) is 32.8 Å². The van der Waals surface area contributed by atoms with Gasteiger partial charge in [-0.1, -0.05) is 212 Å². The first kappa shape index (κ1) is 48.2. The SMILES string of the molecule is C[C@@H](O)[C@](O)(COCc1ccccc1)[C@@H](OCc1ccccc1)[C@H](OCc1ccccc1)[C@@H](OCc1ccccc1)C(=O)N1CCN(C(c2ccccc2)(c2ccccc2)c2ccccc2)CC1. The van der Waals surface area contributed by atoms with E-state index in [4.69, 9.17) is 18.9 Å². The van der Waals surface area contributed by atoms with E-state index >= 15 is 4.79 Å². The molecule has 0 aromatic heterocycles. The van der Waals surface area contributed by atoms with Crippen LogP contribution in [-0.2, 0) is 55.7 Å². The minimum absolute atomic E-state index is 0.0449. The minimum Gasteiger partial charge on any atom is -0.390 e. The quantitative estimate of drug-likeness (QED) is 0.0650. The van der Waals surface area contributed by atoms with Crippen LogP contribution in [0, 0.1) is 0 Å². The first-order valence-corrected chi connectivity index (χ1v) is 23.6. The van der Waals surface area contributed by atoms with Crippen LogP contribution in [0.15, 0.2) is 212 Å². The largest absolute Gasteiger partial charge is 0.390 e. The summed E-state index contributed by atoms with van der Waals surface area (Å²) < 4.78 is 26.8. The molecule has 7 aromatic carbocycles. The molecule has 1 aliphatic heterocycles. The number of nitrogens with zero attached hydrogens (tertiary/aromatic N) is 2. The van der Waals surface area contributed by atoms with Crippen molar-refractivity contribution in [2.24, 2.45) is 0 Å². The molecule has 7 aromatic rings. The molecular weight excluding hydrogens is 849 g/mol. The van der Waals surface area contributed by atoms with E-state index in [-0.39, 0.29) is 38.9 Å². The molecule has 0 unspecified atom stereocenters. The van der Waals surface area contributed by atoms with Gasteiger partial charge >= 0.3 is 0 Å². The second-order valence-electron chi connectivity index (χ2n) is 17.5. The Morgan fingerprint density at radius 1 is 0.500 bits per heavy atom. The second kappa shape index (κ2) is 23.6. The van der Waals surface area contributed by atoms with Gasteiger partial charge in [-0.15, -0.1) is 0 Å². The molecule has 1 saturated heterocycles. The van der Waals surface area contributed by atoms with Crippen molar-refractivity contribution < 1.29 is 34.0 Å². The molecule has 1 amide bonds. The van der Waals surface area contributed by atoms with Crippen LogP contribution in [0.3, 0.4) is 0 Å². The lowest BCUT2D eigenvalue weighted by molar-refractivity contribution is -0.247. The number of hydrogen-bond donors (Lipinski definition) is 2. The second-order valence-corrected chi connectivity index (χ2v) is 17.5. The average Bonchev–Trinajstić information content (AvgIpc) is 3.40. The lowest BCUT2D eigenvalue weighted by atomic mass is 9.75. The number of hydrogen-bond acceptors (Lipinski definition) is 8. The Bertz CT molecular complexity index is 2430. The highest BCUT2D eigenvalue weighted by Crippen LogP contribution is 2.43. The van der Waals surface area contributed by atoms with Gasteiger partial charge in [-0.05, 0) is 45.9 Å². The van der Waals surface area contributed by atoms with Crippen molar-refractivity contribution in [3.05, 3.63) is 251 Å². The molecule has 5 atom stereocenters. The fraction of sp³-hybridized carbons (Fsp3) is 0.271. The lowest BCUT2D eigenvalue weighted by Crippen LogP contribution is -2.65. The zero-order valence-corrected chi connectivity index (χ0v) is 38.7. The summed E-state index contributed by atoms with van der Waals surface area (Å²) >= 11 is 0. The molecule has 9 heteroatoms.